The van der Waals surface area contributed by atoms with Gasteiger partial charge < -0.3 is 20.7 Å². The molecule has 0 fully saturated rings. The highest BCUT2D eigenvalue weighted by Crippen LogP contribution is 2.17. The van der Waals surface area contributed by atoms with Gasteiger partial charge in [0.25, 0.3) is 5.91 Å². The molecule has 0 aliphatic rings. The number of aromatic nitrogens is 4. The molecule has 10 nitrogen and oxygen atoms in total. The molecular formula is C22H19N7O3. The Bertz CT molecular complexity index is 1210. The summed E-state index contributed by atoms with van der Waals surface area (Å²) in [6, 6.07) is 16.5. The van der Waals surface area contributed by atoms with E-state index in [0.717, 1.165) is 0 Å². The number of benzene rings is 2. The van der Waals surface area contributed by atoms with E-state index in [4.69, 9.17) is 4.74 Å². The highest BCUT2D eigenvalue weighted by Gasteiger charge is 2.11. The quantitative estimate of drug-likeness (QED) is 0.369. The van der Waals surface area contributed by atoms with Gasteiger partial charge in [0, 0.05) is 29.5 Å². The van der Waals surface area contributed by atoms with Crippen LogP contribution in [0.2, 0.25) is 0 Å². The molecule has 0 aliphatic heterocycles. The van der Waals surface area contributed by atoms with Crippen LogP contribution in [0.5, 0.6) is 5.75 Å². The molecule has 160 valence electrons. The van der Waals surface area contributed by atoms with E-state index in [9.17, 15) is 9.59 Å². The predicted molar refractivity (Wildman–Crippen MR) is 120 cm³/mol. The van der Waals surface area contributed by atoms with Gasteiger partial charge in [-0.2, -0.15) is 5.10 Å². The highest BCUT2D eigenvalue weighted by molar-refractivity contribution is 6.03. The monoisotopic (exact) mass is 429 g/mol. The minimum atomic E-state index is -0.390. The summed E-state index contributed by atoms with van der Waals surface area (Å²) < 4.78 is 5.09. The fourth-order valence-corrected chi connectivity index (χ4v) is 2.79. The number of nitrogens with zero attached hydrogens (tertiary/aromatic N) is 3. The van der Waals surface area contributed by atoms with E-state index in [1.54, 1.807) is 67.9 Å². The van der Waals surface area contributed by atoms with Crippen molar-refractivity contribution in [1.29, 1.82) is 0 Å². The van der Waals surface area contributed by atoms with Crippen LogP contribution >= 0.6 is 0 Å². The normalized spacial score (nSPS) is 10.3. The minimum absolute atomic E-state index is 0.207. The van der Waals surface area contributed by atoms with Crippen molar-refractivity contribution in [3.8, 4) is 17.3 Å². The zero-order valence-electron chi connectivity index (χ0n) is 17.0. The summed E-state index contributed by atoms with van der Waals surface area (Å²) in [6.45, 7) is 0. The molecular weight excluding hydrogens is 410 g/mol. The molecule has 2 heterocycles. The van der Waals surface area contributed by atoms with Gasteiger partial charge in [0.1, 0.15) is 17.1 Å². The number of nitrogens with one attached hydrogen (secondary N) is 4. The Hall–Kier alpha value is -4.73. The first-order chi connectivity index (χ1) is 15.6. The molecule has 4 aromatic rings. The van der Waals surface area contributed by atoms with Crippen molar-refractivity contribution < 1.29 is 14.3 Å². The van der Waals surface area contributed by atoms with Crippen LogP contribution in [0.25, 0.3) is 11.5 Å². The van der Waals surface area contributed by atoms with Crippen LogP contribution in [0.15, 0.2) is 73.1 Å². The van der Waals surface area contributed by atoms with E-state index < -0.39 is 0 Å². The number of ether oxygens (including phenoxy) is 1. The number of carbonyl (C=O) groups excluding carboxylic acids is 2. The van der Waals surface area contributed by atoms with Crippen molar-refractivity contribution in [2.45, 2.75) is 0 Å². The van der Waals surface area contributed by atoms with Crippen LogP contribution in [0.3, 0.4) is 0 Å². The van der Waals surface area contributed by atoms with Gasteiger partial charge in [-0.05, 0) is 60.7 Å². The van der Waals surface area contributed by atoms with Crippen molar-refractivity contribution >= 4 is 29.0 Å². The minimum Gasteiger partial charge on any atom is -0.497 e. The zero-order valence-corrected chi connectivity index (χ0v) is 17.0. The first-order valence-electron chi connectivity index (χ1n) is 9.57. The van der Waals surface area contributed by atoms with Crippen LogP contribution in [0, 0.1) is 0 Å². The first-order valence-corrected chi connectivity index (χ1v) is 9.57. The van der Waals surface area contributed by atoms with E-state index in [0.29, 0.717) is 34.3 Å². The lowest BCUT2D eigenvalue weighted by molar-refractivity contribution is 0.102. The SMILES string of the molecule is COc1ccc(NC(=O)Nc2ccc(NC(=O)c3ccnc(-c4cc[nH]n4)n3)cc2)cc1. The summed E-state index contributed by atoms with van der Waals surface area (Å²) in [4.78, 5) is 33.1. The molecule has 4 N–H and O–H groups in total. The third kappa shape index (κ3) is 5.05. The Kier molecular flexibility index (Phi) is 6.03. The Morgan fingerprint density at radius 1 is 0.844 bits per heavy atom. The average molecular weight is 429 g/mol. The van der Waals surface area contributed by atoms with Gasteiger partial charge in [-0.1, -0.05) is 0 Å². The first kappa shape index (κ1) is 20.5. The van der Waals surface area contributed by atoms with Crippen molar-refractivity contribution in [2.24, 2.45) is 0 Å². The Labute approximate surface area is 183 Å². The molecule has 2 aromatic carbocycles. The Morgan fingerprint density at radius 3 is 2.06 bits per heavy atom. The lowest BCUT2D eigenvalue weighted by atomic mass is 10.2. The number of amides is 3. The van der Waals surface area contributed by atoms with Crippen LogP contribution < -0.4 is 20.7 Å². The van der Waals surface area contributed by atoms with E-state index in [2.05, 4.69) is 36.1 Å². The predicted octanol–water partition coefficient (Wildman–Crippen LogP) is 3.77. The molecule has 2 aromatic heterocycles. The van der Waals surface area contributed by atoms with Gasteiger partial charge in [0.15, 0.2) is 5.82 Å². The van der Waals surface area contributed by atoms with Crippen molar-refractivity contribution in [3.63, 3.8) is 0 Å². The number of hydrogen-bond donors (Lipinski definition) is 4. The van der Waals surface area contributed by atoms with E-state index in [-0.39, 0.29) is 17.6 Å². The molecule has 0 saturated heterocycles. The molecule has 32 heavy (non-hydrogen) atoms. The molecule has 0 unspecified atom stereocenters. The van der Waals surface area contributed by atoms with Crippen molar-refractivity contribution in [3.05, 3.63) is 78.8 Å². The summed E-state index contributed by atoms with van der Waals surface area (Å²) in [7, 11) is 1.58. The maximum absolute atomic E-state index is 12.5. The van der Waals surface area contributed by atoms with Gasteiger partial charge in [0.2, 0.25) is 0 Å². The number of hydrogen-bond acceptors (Lipinski definition) is 6. The molecule has 0 atom stereocenters. The van der Waals surface area contributed by atoms with Crippen LogP contribution in [0.1, 0.15) is 10.5 Å². The number of rotatable bonds is 6. The smallest absolute Gasteiger partial charge is 0.323 e. The Balaban J connectivity index is 1.34. The van der Waals surface area contributed by atoms with Crippen LogP contribution in [-0.2, 0) is 0 Å². The summed E-state index contributed by atoms with van der Waals surface area (Å²) in [6.07, 6.45) is 3.15. The molecule has 0 bridgehead atoms. The number of urea groups is 1. The maximum Gasteiger partial charge on any atom is 0.323 e. The standard InChI is InChI=1S/C22H19N7O3/c1-32-17-8-6-16(7-9-17)27-22(31)26-15-4-2-14(3-5-15)25-21(30)19-10-12-23-20(28-19)18-11-13-24-29-18/h2-13H,1H3,(H,24,29)(H,25,30)(H2,26,27,31). The fourth-order valence-electron chi connectivity index (χ4n) is 2.79. The van der Waals surface area contributed by atoms with Crippen molar-refractivity contribution in [1.82, 2.24) is 20.2 Å². The summed E-state index contributed by atoms with van der Waals surface area (Å²) in [5, 5.41) is 14.9. The van der Waals surface area contributed by atoms with Gasteiger partial charge >= 0.3 is 6.03 Å². The van der Waals surface area contributed by atoms with Gasteiger partial charge in [-0.15, -0.1) is 0 Å². The van der Waals surface area contributed by atoms with Gasteiger partial charge in [-0.3, -0.25) is 9.89 Å². The summed E-state index contributed by atoms with van der Waals surface area (Å²) in [5.74, 6) is 0.663. The van der Waals surface area contributed by atoms with Gasteiger partial charge in [0.05, 0.1) is 7.11 Å². The zero-order chi connectivity index (χ0) is 22.3. The molecule has 3 amide bonds. The third-order valence-electron chi connectivity index (χ3n) is 4.37. The second-order valence-corrected chi connectivity index (χ2v) is 6.56. The molecule has 0 spiro atoms. The number of anilines is 3. The third-order valence-corrected chi connectivity index (χ3v) is 4.37. The number of carbonyl (C=O) groups is 2. The van der Waals surface area contributed by atoms with Crippen molar-refractivity contribution in [2.75, 3.05) is 23.1 Å². The number of methoxy groups -OCH3 is 1. The molecule has 10 heteroatoms. The second kappa shape index (κ2) is 9.39. The molecule has 0 aliphatic carbocycles. The molecule has 0 saturated carbocycles. The molecule has 4 rings (SSSR count). The van der Waals surface area contributed by atoms with Crippen LogP contribution in [-0.4, -0.2) is 39.2 Å². The molecule has 0 radical (unpaired) electrons. The van der Waals surface area contributed by atoms with E-state index in [1.165, 1.54) is 12.3 Å². The van der Waals surface area contributed by atoms with Gasteiger partial charge in [-0.25, -0.2) is 14.8 Å². The largest absolute Gasteiger partial charge is 0.497 e. The lowest BCUT2D eigenvalue weighted by Crippen LogP contribution is -2.19. The average Bonchev–Trinajstić information content (AvgIpc) is 3.36. The van der Waals surface area contributed by atoms with E-state index >= 15 is 0 Å². The lowest BCUT2D eigenvalue weighted by Gasteiger charge is -2.10. The maximum atomic E-state index is 12.5. The van der Waals surface area contributed by atoms with E-state index in [1.807, 2.05) is 0 Å². The highest BCUT2D eigenvalue weighted by atomic mass is 16.5. The topological polar surface area (TPSA) is 134 Å². The summed E-state index contributed by atoms with van der Waals surface area (Å²) >= 11 is 0. The Morgan fingerprint density at radius 2 is 1.47 bits per heavy atom. The van der Waals surface area contributed by atoms with Crippen LogP contribution in [0.4, 0.5) is 21.9 Å². The summed E-state index contributed by atoms with van der Waals surface area (Å²) in [5.41, 5.74) is 2.50. The number of aromatic amines is 1. The number of H-pyrrole nitrogens is 1. The fraction of sp³-hybridized carbons (Fsp3) is 0.0455. The second-order valence-electron chi connectivity index (χ2n) is 6.56.